The lowest BCUT2D eigenvalue weighted by Gasteiger charge is -2.29. The van der Waals surface area contributed by atoms with Crippen LogP contribution in [0.15, 0.2) is 33.7 Å². The van der Waals surface area contributed by atoms with Crippen LogP contribution in [0.4, 0.5) is 10.1 Å². The van der Waals surface area contributed by atoms with Crippen LogP contribution >= 0.6 is 0 Å². The molecule has 0 bridgehead atoms. The summed E-state index contributed by atoms with van der Waals surface area (Å²) >= 11 is 0. The van der Waals surface area contributed by atoms with E-state index in [0.717, 1.165) is 12.5 Å². The second-order valence-corrected chi connectivity index (χ2v) is 6.37. The van der Waals surface area contributed by atoms with Crippen LogP contribution in [0.25, 0.3) is 0 Å². The monoisotopic (exact) mass is 282 g/mol. The zero-order chi connectivity index (χ0) is 13.8. The Morgan fingerprint density at radius 1 is 1.37 bits per heavy atom. The first-order chi connectivity index (χ1) is 8.93. The maximum Gasteiger partial charge on any atom is 0.262 e. The average Bonchev–Trinajstić information content (AvgIpc) is 2.76. The predicted molar refractivity (Wildman–Crippen MR) is 66.4 cm³/mol. The Balaban J connectivity index is 2.38. The molecule has 0 aliphatic carbocycles. The number of hydrogen-bond donors (Lipinski definition) is 1. The van der Waals surface area contributed by atoms with Gasteiger partial charge in [0.15, 0.2) is 4.91 Å². The molecular weight excluding hydrogens is 271 g/mol. The third-order valence-corrected chi connectivity index (χ3v) is 5.26. The number of anilines is 1. The molecule has 0 saturated carbocycles. The molecule has 1 amide bonds. The van der Waals surface area contributed by atoms with E-state index in [-0.39, 0.29) is 4.90 Å². The molecule has 100 valence electrons. The summed E-state index contributed by atoms with van der Waals surface area (Å²) in [5.41, 5.74) is 6.04. The predicted octanol–water partition coefficient (Wildman–Crippen LogP) is 0.910. The van der Waals surface area contributed by atoms with Crippen molar-refractivity contribution in [2.75, 3.05) is 11.4 Å². The number of sulfone groups is 1. The van der Waals surface area contributed by atoms with E-state index in [0.29, 0.717) is 24.4 Å². The van der Waals surface area contributed by atoms with E-state index < -0.39 is 26.5 Å². The van der Waals surface area contributed by atoms with Gasteiger partial charge in [-0.05, 0) is 31.0 Å². The van der Waals surface area contributed by atoms with Gasteiger partial charge in [0.2, 0.25) is 9.84 Å². The van der Waals surface area contributed by atoms with Gasteiger partial charge >= 0.3 is 0 Å². The number of primary amides is 1. The molecule has 3 rings (SSSR count). The highest BCUT2D eigenvalue weighted by atomic mass is 32.2. The molecule has 1 aromatic carbocycles. The lowest BCUT2D eigenvalue weighted by molar-refractivity contribution is -0.114. The van der Waals surface area contributed by atoms with E-state index in [1.165, 1.54) is 12.1 Å². The fraction of sp³-hybridized carbons (Fsp3) is 0.250. The lowest BCUT2D eigenvalue weighted by atomic mass is 10.2. The quantitative estimate of drug-likeness (QED) is 0.830. The standard InChI is InChI=1S/C12H11FN2O3S/c13-7-3-4-8-10(6-7)19(17,18)11(12(14)16)9-2-1-5-15(8)9/h3-4,6H,1-2,5H2,(H2,14,16). The Morgan fingerprint density at radius 2 is 2.11 bits per heavy atom. The topological polar surface area (TPSA) is 80.5 Å². The Bertz CT molecular complexity index is 724. The van der Waals surface area contributed by atoms with Gasteiger partial charge in [0.1, 0.15) is 5.82 Å². The van der Waals surface area contributed by atoms with Crippen LogP contribution in [0.1, 0.15) is 12.8 Å². The van der Waals surface area contributed by atoms with Crippen LogP contribution in [0.3, 0.4) is 0 Å². The summed E-state index contributed by atoms with van der Waals surface area (Å²) in [6, 6.07) is 3.56. The molecule has 1 aromatic rings. The maximum absolute atomic E-state index is 13.3. The third-order valence-electron chi connectivity index (χ3n) is 3.38. The first-order valence-electron chi connectivity index (χ1n) is 5.78. The molecule has 0 aromatic heterocycles. The number of nitrogens with two attached hydrogens (primary N) is 1. The zero-order valence-corrected chi connectivity index (χ0v) is 10.7. The van der Waals surface area contributed by atoms with Crippen LogP contribution in [0.5, 0.6) is 0 Å². The van der Waals surface area contributed by atoms with Crippen molar-refractivity contribution in [2.24, 2.45) is 5.73 Å². The Hall–Kier alpha value is -1.89. The smallest absolute Gasteiger partial charge is 0.262 e. The van der Waals surface area contributed by atoms with E-state index in [1.54, 1.807) is 4.90 Å². The van der Waals surface area contributed by atoms with Crippen LogP contribution in [-0.4, -0.2) is 20.9 Å². The van der Waals surface area contributed by atoms with E-state index >= 15 is 0 Å². The van der Waals surface area contributed by atoms with Crippen molar-refractivity contribution in [2.45, 2.75) is 17.7 Å². The molecule has 2 aliphatic rings. The maximum atomic E-state index is 13.3. The second kappa shape index (κ2) is 3.80. The summed E-state index contributed by atoms with van der Waals surface area (Å²) in [7, 11) is -4.04. The van der Waals surface area contributed by atoms with Crippen molar-refractivity contribution in [3.63, 3.8) is 0 Å². The Kier molecular flexibility index (Phi) is 2.43. The number of amides is 1. The van der Waals surface area contributed by atoms with Crippen molar-refractivity contribution in [3.8, 4) is 0 Å². The molecule has 2 heterocycles. The van der Waals surface area contributed by atoms with Gasteiger partial charge < -0.3 is 10.6 Å². The van der Waals surface area contributed by atoms with Crippen molar-refractivity contribution in [1.29, 1.82) is 0 Å². The average molecular weight is 282 g/mol. The number of carbonyl (C=O) groups is 1. The highest BCUT2D eigenvalue weighted by Gasteiger charge is 2.41. The molecule has 1 saturated heterocycles. The van der Waals surface area contributed by atoms with Gasteiger partial charge in [-0.2, -0.15) is 0 Å². The zero-order valence-electron chi connectivity index (χ0n) is 9.89. The van der Waals surface area contributed by atoms with Crippen molar-refractivity contribution >= 4 is 21.4 Å². The molecule has 0 radical (unpaired) electrons. The minimum Gasteiger partial charge on any atom is -0.365 e. The number of nitrogens with zero attached hydrogens (tertiary/aromatic N) is 1. The Morgan fingerprint density at radius 3 is 2.79 bits per heavy atom. The molecule has 5 nitrogen and oxygen atoms in total. The number of hydrogen-bond acceptors (Lipinski definition) is 4. The molecule has 1 fully saturated rings. The fourth-order valence-electron chi connectivity index (χ4n) is 2.64. The van der Waals surface area contributed by atoms with Gasteiger partial charge in [-0.3, -0.25) is 4.79 Å². The molecule has 2 N–H and O–H groups in total. The normalized spacial score (nSPS) is 20.2. The summed E-state index contributed by atoms with van der Waals surface area (Å²) in [5.74, 6) is -1.65. The van der Waals surface area contributed by atoms with Gasteiger partial charge in [0.05, 0.1) is 10.6 Å². The largest absolute Gasteiger partial charge is 0.365 e. The summed E-state index contributed by atoms with van der Waals surface area (Å²) in [4.78, 5) is 12.6. The van der Waals surface area contributed by atoms with Crippen molar-refractivity contribution < 1.29 is 17.6 Å². The number of rotatable bonds is 1. The summed E-state index contributed by atoms with van der Waals surface area (Å²) in [5, 5.41) is 0. The number of allylic oxidation sites excluding steroid dienone is 1. The van der Waals surface area contributed by atoms with Gasteiger partial charge in [0, 0.05) is 12.2 Å². The van der Waals surface area contributed by atoms with Crippen LogP contribution in [0, 0.1) is 5.82 Å². The number of carbonyl (C=O) groups excluding carboxylic acids is 1. The second-order valence-electron chi connectivity index (χ2n) is 4.51. The summed E-state index contributed by atoms with van der Waals surface area (Å²) in [6.07, 6.45) is 1.22. The van der Waals surface area contributed by atoms with Crippen LogP contribution in [-0.2, 0) is 14.6 Å². The highest BCUT2D eigenvalue weighted by molar-refractivity contribution is 7.96. The summed E-state index contributed by atoms with van der Waals surface area (Å²) in [6.45, 7) is 0.597. The van der Waals surface area contributed by atoms with Gasteiger partial charge in [0.25, 0.3) is 5.91 Å². The summed E-state index contributed by atoms with van der Waals surface area (Å²) < 4.78 is 38.1. The number of halogens is 1. The van der Waals surface area contributed by atoms with E-state index in [9.17, 15) is 17.6 Å². The highest BCUT2D eigenvalue weighted by Crippen LogP contribution is 2.43. The van der Waals surface area contributed by atoms with Gasteiger partial charge in [-0.25, -0.2) is 12.8 Å². The number of fused-ring (bicyclic) bond motifs is 3. The van der Waals surface area contributed by atoms with Crippen LogP contribution < -0.4 is 10.6 Å². The van der Waals surface area contributed by atoms with Gasteiger partial charge in [-0.15, -0.1) is 0 Å². The molecular formula is C12H11FN2O3S. The Labute approximate surface area is 109 Å². The first kappa shape index (κ1) is 12.2. The molecule has 2 aliphatic heterocycles. The minimum atomic E-state index is -4.04. The lowest BCUT2D eigenvalue weighted by Crippen LogP contribution is -2.33. The van der Waals surface area contributed by atoms with Crippen molar-refractivity contribution in [1.82, 2.24) is 0 Å². The third kappa shape index (κ3) is 1.58. The minimum absolute atomic E-state index is 0.188. The number of benzene rings is 1. The van der Waals surface area contributed by atoms with E-state index in [1.807, 2.05) is 0 Å². The molecule has 0 spiro atoms. The van der Waals surface area contributed by atoms with Crippen molar-refractivity contribution in [3.05, 3.63) is 34.6 Å². The van der Waals surface area contributed by atoms with Gasteiger partial charge in [-0.1, -0.05) is 0 Å². The first-order valence-corrected chi connectivity index (χ1v) is 7.26. The van der Waals surface area contributed by atoms with Crippen LogP contribution in [0.2, 0.25) is 0 Å². The van der Waals surface area contributed by atoms with E-state index in [2.05, 4.69) is 0 Å². The molecule has 19 heavy (non-hydrogen) atoms. The molecule has 0 unspecified atom stereocenters. The fourth-order valence-corrected chi connectivity index (χ4v) is 4.37. The SMILES string of the molecule is NC(=O)C1=C2CCCN2c2ccc(F)cc2S1(=O)=O. The molecule has 0 atom stereocenters. The van der Waals surface area contributed by atoms with E-state index in [4.69, 9.17) is 5.73 Å². The molecule has 7 heteroatoms.